The van der Waals surface area contributed by atoms with Crippen LogP contribution in [0.2, 0.25) is 0 Å². The van der Waals surface area contributed by atoms with Crippen LogP contribution in [0.15, 0.2) is 0 Å². The van der Waals surface area contributed by atoms with Gasteiger partial charge in [0.15, 0.2) is 0 Å². The number of nitrogens with zero attached hydrogens (tertiary/aromatic N) is 1. The van der Waals surface area contributed by atoms with Gasteiger partial charge in [-0.25, -0.2) is 0 Å². The van der Waals surface area contributed by atoms with Crippen molar-refractivity contribution in [1.82, 2.24) is 8.80 Å². The van der Waals surface area contributed by atoms with E-state index in [0.717, 1.165) is 96.3 Å². The predicted molar refractivity (Wildman–Crippen MR) is 141 cm³/mol. The third-order valence-corrected chi connectivity index (χ3v) is 18.9. The Kier molecular flexibility index (Phi) is 10.6. The Bertz CT molecular complexity index is 794. The number of nitrogens with one attached hydrogen (secondary N) is 1. The van der Waals surface area contributed by atoms with Crippen molar-refractivity contribution in [2.75, 3.05) is 0 Å². The second-order valence-electron chi connectivity index (χ2n) is 11.4. The van der Waals surface area contributed by atoms with Crippen LogP contribution in [0.3, 0.4) is 0 Å². The average molecular weight is 601 g/mol. The summed E-state index contributed by atoms with van der Waals surface area (Å²) in [6, 6.07) is 0. The Morgan fingerprint density at radius 1 is 0.757 bits per heavy atom. The summed E-state index contributed by atoms with van der Waals surface area (Å²) in [5, 5.41) is 3.57. The van der Waals surface area contributed by atoms with Gasteiger partial charge in [0.2, 0.25) is 0 Å². The molecule has 4 nitrogen and oxygen atoms in total. The summed E-state index contributed by atoms with van der Waals surface area (Å²) in [5.74, 6) is 0. The molecule has 0 aromatic heterocycles. The summed E-state index contributed by atoms with van der Waals surface area (Å²) >= 11 is -1.17. The van der Waals surface area contributed by atoms with Gasteiger partial charge in [-0.05, 0) is 0 Å². The monoisotopic (exact) mass is 600 g/mol. The fourth-order valence-electron chi connectivity index (χ4n) is 7.38. The van der Waals surface area contributed by atoms with Crippen LogP contribution in [-0.2, 0) is 10.0 Å². The van der Waals surface area contributed by atoms with Crippen LogP contribution in [0.25, 0.3) is 0 Å². The first-order valence-corrected chi connectivity index (χ1v) is 18.3. The van der Waals surface area contributed by atoms with Crippen molar-refractivity contribution in [3.8, 4) is 0 Å². The Hall–Kier alpha value is 0.230. The molecule has 3 aliphatic rings. The molecule has 13 heteroatoms. The van der Waals surface area contributed by atoms with Crippen LogP contribution in [0.5, 0.6) is 0 Å². The van der Waals surface area contributed by atoms with Crippen LogP contribution < -0.4 is 5.09 Å². The van der Waals surface area contributed by atoms with Crippen molar-refractivity contribution < 1.29 is 34.8 Å². The van der Waals surface area contributed by atoms with Gasteiger partial charge in [0.1, 0.15) is 0 Å². The molecule has 0 heterocycles. The summed E-state index contributed by atoms with van der Waals surface area (Å²) in [7, 11) is -9.10. The van der Waals surface area contributed by atoms with Crippen LogP contribution >= 0.6 is 19.4 Å². The molecule has 1 N–H and O–H groups in total. The van der Waals surface area contributed by atoms with Crippen molar-refractivity contribution in [2.45, 2.75) is 150 Å². The van der Waals surface area contributed by atoms with Crippen LogP contribution in [-0.4, -0.2) is 45.8 Å². The van der Waals surface area contributed by atoms with Crippen LogP contribution in [0, 0.1) is 0 Å². The number of halogens is 6. The maximum atomic E-state index is 13.8. The van der Waals surface area contributed by atoms with E-state index in [-0.39, 0.29) is 27.1 Å². The van der Waals surface area contributed by atoms with E-state index in [1.54, 1.807) is 0 Å². The van der Waals surface area contributed by atoms with E-state index >= 15 is 0 Å². The van der Waals surface area contributed by atoms with Gasteiger partial charge >= 0.3 is 223 Å². The third kappa shape index (κ3) is 7.12. The normalized spacial score (nSPS) is 24.8. The van der Waals surface area contributed by atoms with E-state index in [2.05, 4.69) is 5.09 Å². The first-order valence-electron chi connectivity index (χ1n) is 13.8. The topological polar surface area (TPSA) is 49.4 Å². The molecule has 0 bridgehead atoms. The molecule has 1 unspecified atom stereocenters. The summed E-state index contributed by atoms with van der Waals surface area (Å²) in [6.45, 7) is 2.75. The Balaban J connectivity index is 2.18. The Labute approximate surface area is 223 Å². The minimum absolute atomic E-state index is 0.202. The van der Waals surface area contributed by atoms with Gasteiger partial charge in [0, 0.05) is 0 Å². The van der Waals surface area contributed by atoms with Crippen molar-refractivity contribution in [1.29, 1.82) is 0 Å². The zero-order chi connectivity index (χ0) is 27.5. The van der Waals surface area contributed by atoms with Crippen LogP contribution in [0.1, 0.15) is 117 Å². The van der Waals surface area contributed by atoms with Crippen LogP contribution in [0.4, 0.5) is 26.3 Å². The first kappa shape index (κ1) is 31.8. The molecule has 0 amide bonds. The quantitative estimate of drug-likeness (QED) is 0.125. The van der Waals surface area contributed by atoms with Gasteiger partial charge in [-0.15, -0.1) is 0 Å². The SMILES string of the molecule is CCC(C)(N[PH](C1CCCCC1)(C1CCCCC1)C1CCCCC1)N(SC(F)(F)F)S(=O)(=O)C(F)(F)F. The van der Waals surface area contributed by atoms with Gasteiger partial charge in [-0.1, -0.05) is 0 Å². The van der Waals surface area contributed by atoms with E-state index in [0.29, 0.717) is 0 Å². The van der Waals surface area contributed by atoms with Gasteiger partial charge in [0.25, 0.3) is 0 Å². The Morgan fingerprint density at radius 2 is 1.11 bits per heavy atom. The van der Waals surface area contributed by atoms with Gasteiger partial charge < -0.3 is 0 Å². The molecule has 3 fully saturated rings. The first-order chi connectivity index (χ1) is 17.2. The number of alkyl halides is 6. The molecule has 3 rings (SSSR count). The molecule has 0 aromatic carbocycles. The summed E-state index contributed by atoms with van der Waals surface area (Å²) < 4.78 is 107. The van der Waals surface area contributed by atoms with Gasteiger partial charge in [0.05, 0.1) is 0 Å². The standard InChI is InChI=1S/C24H43F6N2O2PS2/c1-3-22(2,32(36-23(25,26)27)37(33,34)24(28,29)30)31-35(19-13-7-4-8-14-19,20-15-9-5-10-16-20)21-17-11-6-12-18-21/h19-21,31,35H,3-18H2,1-2H3. The maximum absolute atomic E-state index is 13.8. The van der Waals surface area contributed by atoms with Crippen molar-refractivity contribution >= 4 is 29.4 Å². The zero-order valence-electron chi connectivity index (χ0n) is 21.9. The number of hydrogen-bond acceptors (Lipinski definition) is 4. The molecule has 1 atom stereocenters. The molecule has 0 radical (unpaired) electrons. The predicted octanol–water partition coefficient (Wildman–Crippen LogP) is 8.68. The molecule has 37 heavy (non-hydrogen) atoms. The second kappa shape index (κ2) is 12.4. The zero-order valence-corrected chi connectivity index (χ0v) is 24.5. The summed E-state index contributed by atoms with van der Waals surface area (Å²) in [5.41, 5.74) is -12.4. The molecule has 0 spiro atoms. The van der Waals surface area contributed by atoms with E-state index in [1.165, 1.54) is 13.8 Å². The minimum atomic E-state index is -6.27. The molecule has 3 aliphatic carbocycles. The van der Waals surface area contributed by atoms with Crippen molar-refractivity contribution in [2.24, 2.45) is 0 Å². The van der Waals surface area contributed by atoms with E-state index in [4.69, 9.17) is 0 Å². The molecule has 0 saturated heterocycles. The average Bonchev–Trinajstić information content (AvgIpc) is 2.86. The van der Waals surface area contributed by atoms with E-state index in [9.17, 15) is 34.8 Å². The molecule has 220 valence electrons. The third-order valence-electron chi connectivity index (χ3n) is 9.12. The van der Waals surface area contributed by atoms with Gasteiger partial charge in [-0.2, -0.15) is 0 Å². The number of hydrogen-bond donors (Lipinski definition) is 1. The van der Waals surface area contributed by atoms with Gasteiger partial charge in [-0.3, -0.25) is 0 Å². The van der Waals surface area contributed by atoms with E-state index in [1.807, 2.05) is 0 Å². The number of sulfonamides is 1. The summed E-state index contributed by atoms with van der Waals surface area (Å²) in [4.78, 5) is 0. The molecular formula is C24H43F6N2O2PS2. The fraction of sp³-hybridized carbons (Fsp3) is 1.00. The molecule has 0 aromatic rings. The Morgan fingerprint density at radius 3 is 1.38 bits per heavy atom. The second-order valence-corrected chi connectivity index (χ2v) is 19.0. The number of rotatable bonds is 9. The van der Waals surface area contributed by atoms with Crippen molar-refractivity contribution in [3.05, 3.63) is 0 Å². The molecule has 3 saturated carbocycles. The van der Waals surface area contributed by atoms with E-state index < -0.39 is 46.1 Å². The summed E-state index contributed by atoms with van der Waals surface area (Å²) in [6.07, 6.45) is 14.6. The molecular weight excluding hydrogens is 557 g/mol. The fourth-order valence-corrected chi connectivity index (χ4v) is 17.8. The van der Waals surface area contributed by atoms with Crippen molar-refractivity contribution in [3.63, 3.8) is 0 Å². The molecule has 0 aliphatic heterocycles.